The van der Waals surface area contributed by atoms with Crippen LogP contribution in [0.2, 0.25) is 0 Å². The number of aromatic nitrogens is 1. The second-order valence-corrected chi connectivity index (χ2v) is 4.58. The maximum Gasteiger partial charge on any atom is 0.146 e. The molecule has 17 heavy (non-hydrogen) atoms. The quantitative estimate of drug-likeness (QED) is 0.839. The normalized spacial score (nSPS) is 21.9. The lowest BCUT2D eigenvalue weighted by molar-refractivity contribution is 0.115. The zero-order valence-electron chi connectivity index (χ0n) is 10.0. The van der Waals surface area contributed by atoms with Crippen molar-refractivity contribution in [2.24, 2.45) is 5.92 Å². The molecule has 0 bridgehead atoms. The summed E-state index contributed by atoms with van der Waals surface area (Å²) in [6.07, 6.45) is 3.49. The van der Waals surface area contributed by atoms with E-state index in [-0.39, 0.29) is 12.0 Å². The molecule has 1 aliphatic rings. The van der Waals surface area contributed by atoms with Crippen LogP contribution in [-0.4, -0.2) is 29.3 Å². The van der Waals surface area contributed by atoms with E-state index in [1.165, 1.54) is 0 Å². The first-order valence-corrected chi connectivity index (χ1v) is 6.00. The van der Waals surface area contributed by atoms with Crippen LogP contribution in [-0.2, 0) is 0 Å². The van der Waals surface area contributed by atoms with Crippen molar-refractivity contribution in [3.63, 3.8) is 0 Å². The zero-order chi connectivity index (χ0) is 12.3. The van der Waals surface area contributed by atoms with Crippen molar-refractivity contribution in [3.05, 3.63) is 23.9 Å². The van der Waals surface area contributed by atoms with Gasteiger partial charge in [-0.25, -0.2) is 4.98 Å². The molecule has 2 unspecified atom stereocenters. The maximum absolute atomic E-state index is 9.66. The molecule has 1 aliphatic heterocycles. The molecular weight excluding hydrogens is 214 g/mol. The molecule has 0 saturated carbocycles. The van der Waals surface area contributed by atoms with Gasteiger partial charge in [0.1, 0.15) is 11.9 Å². The van der Waals surface area contributed by atoms with Crippen LogP contribution in [0.25, 0.3) is 0 Å². The van der Waals surface area contributed by atoms with Gasteiger partial charge in [-0.2, -0.15) is 5.26 Å². The summed E-state index contributed by atoms with van der Waals surface area (Å²) < 4.78 is 0. The molecule has 1 N–H and O–H groups in total. The van der Waals surface area contributed by atoms with Gasteiger partial charge in [0, 0.05) is 25.2 Å². The van der Waals surface area contributed by atoms with Crippen molar-refractivity contribution in [1.29, 1.82) is 5.26 Å². The summed E-state index contributed by atoms with van der Waals surface area (Å²) in [7, 11) is 0. The monoisotopic (exact) mass is 231 g/mol. The van der Waals surface area contributed by atoms with Crippen molar-refractivity contribution in [2.75, 3.05) is 18.0 Å². The van der Waals surface area contributed by atoms with Gasteiger partial charge in [0.25, 0.3) is 0 Å². The summed E-state index contributed by atoms with van der Waals surface area (Å²) in [5.74, 6) is 1.03. The minimum atomic E-state index is -0.299. The van der Waals surface area contributed by atoms with Crippen molar-refractivity contribution in [1.82, 2.24) is 4.98 Å². The summed E-state index contributed by atoms with van der Waals surface area (Å²) in [5.41, 5.74) is 0.610. The van der Waals surface area contributed by atoms with Crippen LogP contribution in [0.5, 0.6) is 0 Å². The lowest BCUT2D eigenvalue weighted by atomic mass is 9.93. The molecule has 4 nitrogen and oxygen atoms in total. The fraction of sp³-hybridized carbons (Fsp3) is 0.538. The summed E-state index contributed by atoms with van der Waals surface area (Å²) in [6.45, 7) is 3.52. The summed E-state index contributed by atoms with van der Waals surface area (Å²) in [5, 5.41) is 18.7. The van der Waals surface area contributed by atoms with E-state index in [0.29, 0.717) is 5.56 Å². The Balaban J connectivity index is 2.19. The first-order valence-electron chi connectivity index (χ1n) is 6.00. The predicted octanol–water partition coefficient (Wildman–Crippen LogP) is 1.55. The SMILES string of the molecule is CC(O)C1CCCN(c2ncccc2C#N)C1. The molecule has 2 atom stereocenters. The molecule has 1 saturated heterocycles. The molecule has 0 spiro atoms. The Kier molecular flexibility index (Phi) is 3.60. The number of pyridine rings is 1. The smallest absolute Gasteiger partial charge is 0.146 e. The van der Waals surface area contributed by atoms with Gasteiger partial charge >= 0.3 is 0 Å². The third-order valence-corrected chi connectivity index (χ3v) is 3.35. The first-order chi connectivity index (χ1) is 8.22. The highest BCUT2D eigenvalue weighted by molar-refractivity contribution is 5.53. The van der Waals surface area contributed by atoms with E-state index in [4.69, 9.17) is 5.26 Å². The fourth-order valence-electron chi connectivity index (χ4n) is 2.33. The Labute approximate surface area is 102 Å². The molecule has 1 fully saturated rings. The highest BCUT2D eigenvalue weighted by Gasteiger charge is 2.25. The molecule has 2 heterocycles. The summed E-state index contributed by atoms with van der Waals surface area (Å²) >= 11 is 0. The number of aliphatic hydroxyl groups excluding tert-OH is 1. The lowest BCUT2D eigenvalue weighted by Crippen LogP contribution is -2.40. The van der Waals surface area contributed by atoms with Crippen LogP contribution in [0.4, 0.5) is 5.82 Å². The largest absolute Gasteiger partial charge is 0.393 e. The average Bonchev–Trinajstić information content (AvgIpc) is 2.39. The molecule has 90 valence electrons. The van der Waals surface area contributed by atoms with E-state index in [1.807, 2.05) is 6.92 Å². The van der Waals surface area contributed by atoms with Gasteiger partial charge in [-0.1, -0.05) is 0 Å². The van der Waals surface area contributed by atoms with Crippen molar-refractivity contribution >= 4 is 5.82 Å². The molecule has 0 radical (unpaired) electrons. The molecule has 4 heteroatoms. The number of piperidine rings is 1. The number of hydrogen-bond donors (Lipinski definition) is 1. The van der Waals surface area contributed by atoms with Gasteiger partial charge in [0.2, 0.25) is 0 Å². The minimum absolute atomic E-state index is 0.275. The molecule has 1 aromatic heterocycles. The van der Waals surface area contributed by atoms with Crippen LogP contribution >= 0.6 is 0 Å². The third-order valence-electron chi connectivity index (χ3n) is 3.35. The van der Waals surface area contributed by atoms with Gasteiger partial charge in [-0.05, 0) is 31.9 Å². The summed E-state index contributed by atoms with van der Waals surface area (Å²) in [4.78, 5) is 6.40. The van der Waals surface area contributed by atoms with Gasteiger partial charge in [-0.3, -0.25) is 0 Å². The van der Waals surface area contributed by atoms with Gasteiger partial charge in [-0.15, -0.1) is 0 Å². The molecule has 0 aliphatic carbocycles. The van der Waals surface area contributed by atoms with E-state index in [1.54, 1.807) is 18.3 Å². The maximum atomic E-state index is 9.66. The molecule has 1 aromatic rings. The van der Waals surface area contributed by atoms with Crippen molar-refractivity contribution in [3.8, 4) is 6.07 Å². The van der Waals surface area contributed by atoms with Crippen molar-refractivity contribution in [2.45, 2.75) is 25.9 Å². The molecule has 0 aromatic carbocycles. The van der Waals surface area contributed by atoms with E-state index in [2.05, 4.69) is 16.0 Å². The van der Waals surface area contributed by atoms with Crippen LogP contribution < -0.4 is 4.90 Å². The second kappa shape index (κ2) is 5.15. The van der Waals surface area contributed by atoms with Crippen LogP contribution in [0.15, 0.2) is 18.3 Å². The van der Waals surface area contributed by atoms with Gasteiger partial charge in [0.15, 0.2) is 0 Å². The van der Waals surface area contributed by atoms with Gasteiger partial charge in [0.05, 0.1) is 11.7 Å². The van der Waals surface area contributed by atoms with E-state index < -0.39 is 0 Å². The van der Waals surface area contributed by atoms with E-state index >= 15 is 0 Å². The standard InChI is InChI=1S/C13H17N3O/c1-10(17)12-5-3-7-16(9-12)13-11(8-14)4-2-6-15-13/h2,4,6,10,12,17H,3,5,7,9H2,1H3. The molecular formula is C13H17N3O. The Bertz CT molecular complexity index is 425. The Morgan fingerprint density at radius 1 is 1.65 bits per heavy atom. The van der Waals surface area contributed by atoms with Crippen molar-refractivity contribution < 1.29 is 5.11 Å². The fourth-order valence-corrected chi connectivity index (χ4v) is 2.33. The number of nitriles is 1. The molecule has 0 amide bonds. The van der Waals surface area contributed by atoms with Gasteiger partial charge < -0.3 is 10.0 Å². The highest BCUT2D eigenvalue weighted by Crippen LogP contribution is 2.25. The van der Waals surface area contributed by atoms with E-state index in [9.17, 15) is 5.11 Å². The van der Waals surface area contributed by atoms with Crippen LogP contribution in [0, 0.1) is 17.2 Å². The average molecular weight is 231 g/mol. The number of nitrogens with zero attached hydrogens (tertiary/aromatic N) is 3. The van der Waals surface area contributed by atoms with Crippen LogP contribution in [0.3, 0.4) is 0 Å². The number of anilines is 1. The zero-order valence-corrected chi connectivity index (χ0v) is 10.0. The second-order valence-electron chi connectivity index (χ2n) is 4.58. The predicted molar refractivity (Wildman–Crippen MR) is 65.6 cm³/mol. The Hall–Kier alpha value is -1.60. The lowest BCUT2D eigenvalue weighted by Gasteiger charge is -2.35. The van der Waals surface area contributed by atoms with Crippen LogP contribution in [0.1, 0.15) is 25.3 Å². The Morgan fingerprint density at radius 3 is 3.18 bits per heavy atom. The summed E-state index contributed by atoms with van der Waals surface area (Å²) in [6, 6.07) is 5.73. The third kappa shape index (κ3) is 2.56. The number of hydrogen-bond acceptors (Lipinski definition) is 4. The minimum Gasteiger partial charge on any atom is -0.393 e. The number of aliphatic hydroxyl groups is 1. The topological polar surface area (TPSA) is 60.1 Å². The van der Waals surface area contributed by atoms with E-state index in [0.717, 1.165) is 31.7 Å². The molecule has 2 rings (SSSR count). The Morgan fingerprint density at radius 2 is 2.47 bits per heavy atom. The first kappa shape index (κ1) is 11.9. The number of rotatable bonds is 2. The highest BCUT2D eigenvalue weighted by atomic mass is 16.3.